The molecule has 1 saturated heterocycles. The molecule has 1 heterocycles. The SMILES string of the molecule is CC(=O)N(CCNC(=O)c1cccc(C)c1)c1ccc(N2CCCC2)cc1. The largest absolute Gasteiger partial charge is 0.372 e. The zero-order valence-electron chi connectivity index (χ0n) is 16.1. The maximum absolute atomic E-state index is 12.3. The van der Waals surface area contributed by atoms with Crippen LogP contribution in [0.2, 0.25) is 0 Å². The van der Waals surface area contributed by atoms with Gasteiger partial charge >= 0.3 is 0 Å². The highest BCUT2D eigenvalue weighted by Gasteiger charge is 2.15. The second-order valence-electron chi connectivity index (χ2n) is 7.01. The fraction of sp³-hybridized carbons (Fsp3) is 0.364. The summed E-state index contributed by atoms with van der Waals surface area (Å²) >= 11 is 0. The molecule has 3 rings (SSSR count). The van der Waals surface area contributed by atoms with Crippen LogP contribution < -0.4 is 15.1 Å². The fourth-order valence-electron chi connectivity index (χ4n) is 3.46. The van der Waals surface area contributed by atoms with E-state index in [9.17, 15) is 9.59 Å². The van der Waals surface area contributed by atoms with E-state index >= 15 is 0 Å². The molecule has 5 nitrogen and oxygen atoms in total. The lowest BCUT2D eigenvalue weighted by molar-refractivity contribution is -0.116. The number of anilines is 2. The molecular weight excluding hydrogens is 338 g/mol. The van der Waals surface area contributed by atoms with Crippen LogP contribution in [0.1, 0.15) is 35.7 Å². The average molecular weight is 365 g/mol. The number of amides is 2. The Labute approximate surface area is 161 Å². The Balaban J connectivity index is 1.59. The summed E-state index contributed by atoms with van der Waals surface area (Å²) in [7, 11) is 0. The zero-order chi connectivity index (χ0) is 19.2. The van der Waals surface area contributed by atoms with Crippen LogP contribution in [-0.2, 0) is 4.79 Å². The molecule has 0 aliphatic carbocycles. The molecule has 0 radical (unpaired) electrons. The first-order valence-corrected chi connectivity index (χ1v) is 9.52. The highest BCUT2D eigenvalue weighted by molar-refractivity contribution is 5.95. The molecule has 0 aromatic heterocycles. The molecule has 2 aromatic rings. The molecule has 0 bridgehead atoms. The van der Waals surface area contributed by atoms with Crippen LogP contribution in [0, 0.1) is 6.92 Å². The molecule has 142 valence electrons. The highest BCUT2D eigenvalue weighted by Crippen LogP contribution is 2.24. The van der Waals surface area contributed by atoms with Crippen molar-refractivity contribution in [3.8, 4) is 0 Å². The Morgan fingerprint density at radius 3 is 2.41 bits per heavy atom. The van der Waals surface area contributed by atoms with Crippen LogP contribution in [0.4, 0.5) is 11.4 Å². The number of hydrogen-bond donors (Lipinski definition) is 1. The number of carbonyl (C=O) groups is 2. The van der Waals surface area contributed by atoms with Gasteiger partial charge in [0.1, 0.15) is 0 Å². The van der Waals surface area contributed by atoms with Crippen LogP contribution >= 0.6 is 0 Å². The zero-order valence-corrected chi connectivity index (χ0v) is 16.1. The van der Waals surface area contributed by atoms with E-state index < -0.39 is 0 Å². The number of benzene rings is 2. The van der Waals surface area contributed by atoms with Crippen molar-refractivity contribution in [1.82, 2.24) is 5.32 Å². The minimum Gasteiger partial charge on any atom is -0.372 e. The van der Waals surface area contributed by atoms with Gasteiger partial charge in [0.05, 0.1) is 0 Å². The molecule has 0 spiro atoms. The molecular formula is C22H27N3O2. The van der Waals surface area contributed by atoms with Gasteiger partial charge in [-0.2, -0.15) is 0 Å². The van der Waals surface area contributed by atoms with Crippen molar-refractivity contribution in [2.24, 2.45) is 0 Å². The standard InChI is InChI=1S/C22H27N3O2/c1-17-6-5-7-19(16-17)22(27)23-12-15-25(18(2)26)21-10-8-20(9-11-21)24-13-3-4-14-24/h5-11,16H,3-4,12-15H2,1-2H3,(H,23,27). The first-order chi connectivity index (χ1) is 13.0. The number of hydrogen-bond acceptors (Lipinski definition) is 3. The fourth-order valence-corrected chi connectivity index (χ4v) is 3.46. The topological polar surface area (TPSA) is 52.7 Å². The van der Waals surface area contributed by atoms with E-state index in [2.05, 4.69) is 22.3 Å². The van der Waals surface area contributed by atoms with Crippen LogP contribution in [0.15, 0.2) is 48.5 Å². The second kappa shape index (κ2) is 8.71. The summed E-state index contributed by atoms with van der Waals surface area (Å²) < 4.78 is 0. The van der Waals surface area contributed by atoms with Gasteiger partial charge in [0.25, 0.3) is 5.91 Å². The van der Waals surface area contributed by atoms with Gasteiger partial charge in [0.2, 0.25) is 5.91 Å². The summed E-state index contributed by atoms with van der Waals surface area (Å²) in [6.07, 6.45) is 2.48. The van der Waals surface area contributed by atoms with Crippen molar-refractivity contribution in [3.05, 3.63) is 59.7 Å². The summed E-state index contributed by atoms with van der Waals surface area (Å²) in [5.41, 5.74) is 3.74. The average Bonchev–Trinajstić information content (AvgIpc) is 3.20. The van der Waals surface area contributed by atoms with Gasteiger partial charge in [0, 0.05) is 50.0 Å². The van der Waals surface area contributed by atoms with Gasteiger partial charge in [-0.05, 0) is 56.2 Å². The summed E-state index contributed by atoms with van der Waals surface area (Å²) in [6, 6.07) is 15.6. The van der Waals surface area contributed by atoms with E-state index in [1.54, 1.807) is 17.9 Å². The normalized spacial score (nSPS) is 13.5. The van der Waals surface area contributed by atoms with E-state index in [4.69, 9.17) is 0 Å². The predicted molar refractivity (Wildman–Crippen MR) is 109 cm³/mol. The van der Waals surface area contributed by atoms with Crippen molar-refractivity contribution in [2.45, 2.75) is 26.7 Å². The monoisotopic (exact) mass is 365 g/mol. The molecule has 1 N–H and O–H groups in total. The van der Waals surface area contributed by atoms with E-state index in [-0.39, 0.29) is 11.8 Å². The summed E-state index contributed by atoms with van der Waals surface area (Å²) in [4.78, 5) is 28.4. The van der Waals surface area contributed by atoms with E-state index in [1.807, 2.05) is 37.3 Å². The van der Waals surface area contributed by atoms with Crippen molar-refractivity contribution in [3.63, 3.8) is 0 Å². The number of rotatable bonds is 6. The Hall–Kier alpha value is -2.82. The Morgan fingerprint density at radius 1 is 1.07 bits per heavy atom. The lowest BCUT2D eigenvalue weighted by Crippen LogP contribution is -2.37. The minimum atomic E-state index is -0.119. The third-order valence-electron chi connectivity index (χ3n) is 4.91. The first kappa shape index (κ1) is 19.0. The molecule has 0 atom stereocenters. The van der Waals surface area contributed by atoms with E-state index in [1.165, 1.54) is 18.5 Å². The van der Waals surface area contributed by atoms with Crippen molar-refractivity contribution >= 4 is 23.2 Å². The number of aryl methyl sites for hydroxylation is 1. The second-order valence-corrected chi connectivity index (χ2v) is 7.01. The van der Waals surface area contributed by atoms with E-state index in [0.29, 0.717) is 18.7 Å². The Kier molecular flexibility index (Phi) is 6.12. The third kappa shape index (κ3) is 4.88. The molecule has 27 heavy (non-hydrogen) atoms. The maximum Gasteiger partial charge on any atom is 0.251 e. The summed E-state index contributed by atoms with van der Waals surface area (Å²) in [5, 5.41) is 2.90. The van der Waals surface area contributed by atoms with Gasteiger partial charge in [-0.1, -0.05) is 17.7 Å². The molecule has 2 amide bonds. The van der Waals surface area contributed by atoms with Crippen molar-refractivity contribution in [2.75, 3.05) is 36.0 Å². The molecule has 1 aliphatic rings. The molecule has 2 aromatic carbocycles. The van der Waals surface area contributed by atoms with Crippen LogP contribution in [-0.4, -0.2) is 38.0 Å². The van der Waals surface area contributed by atoms with Crippen molar-refractivity contribution in [1.29, 1.82) is 0 Å². The van der Waals surface area contributed by atoms with Crippen molar-refractivity contribution < 1.29 is 9.59 Å². The summed E-state index contributed by atoms with van der Waals surface area (Å²) in [6.45, 7) is 6.55. The number of nitrogens with zero attached hydrogens (tertiary/aromatic N) is 2. The summed E-state index contributed by atoms with van der Waals surface area (Å²) in [5.74, 6) is -0.152. The molecule has 0 saturated carbocycles. The first-order valence-electron chi connectivity index (χ1n) is 9.52. The van der Waals surface area contributed by atoms with Gasteiger partial charge < -0.3 is 15.1 Å². The molecule has 1 fully saturated rings. The maximum atomic E-state index is 12.3. The molecule has 5 heteroatoms. The lowest BCUT2D eigenvalue weighted by Gasteiger charge is -2.23. The Morgan fingerprint density at radius 2 is 1.78 bits per heavy atom. The van der Waals surface area contributed by atoms with Crippen LogP contribution in [0.25, 0.3) is 0 Å². The Bertz CT molecular complexity index is 795. The van der Waals surface area contributed by atoms with E-state index in [0.717, 1.165) is 24.3 Å². The molecule has 1 aliphatic heterocycles. The van der Waals surface area contributed by atoms with Gasteiger partial charge in [-0.3, -0.25) is 9.59 Å². The van der Waals surface area contributed by atoms with Gasteiger partial charge in [0.15, 0.2) is 0 Å². The van der Waals surface area contributed by atoms with Gasteiger partial charge in [-0.25, -0.2) is 0 Å². The smallest absolute Gasteiger partial charge is 0.251 e. The third-order valence-corrected chi connectivity index (χ3v) is 4.91. The van der Waals surface area contributed by atoms with Gasteiger partial charge in [-0.15, -0.1) is 0 Å². The lowest BCUT2D eigenvalue weighted by atomic mass is 10.1. The number of carbonyl (C=O) groups excluding carboxylic acids is 2. The van der Waals surface area contributed by atoms with Crippen LogP contribution in [0.3, 0.4) is 0 Å². The quantitative estimate of drug-likeness (QED) is 0.854. The predicted octanol–water partition coefficient (Wildman–Crippen LogP) is 3.38. The molecule has 0 unspecified atom stereocenters. The number of nitrogens with one attached hydrogen (secondary N) is 1. The van der Waals surface area contributed by atoms with Crippen LogP contribution in [0.5, 0.6) is 0 Å². The highest BCUT2D eigenvalue weighted by atomic mass is 16.2. The minimum absolute atomic E-state index is 0.0336.